The molecule has 0 aliphatic heterocycles. The van der Waals surface area contributed by atoms with Gasteiger partial charge in [0.05, 0.1) is 18.2 Å². The number of carboxylic acid groups (broad SMARTS) is 1. The van der Waals surface area contributed by atoms with Crippen LogP contribution in [0.3, 0.4) is 0 Å². The molecule has 1 heterocycles. The molecule has 8 nitrogen and oxygen atoms in total. The molecule has 33 heavy (non-hydrogen) atoms. The Labute approximate surface area is 190 Å². The number of hydrogen-bond donors (Lipinski definition) is 2. The third-order valence-corrected chi connectivity index (χ3v) is 6.08. The number of nitrogens with zero attached hydrogens (tertiary/aromatic N) is 1. The molecule has 3 aromatic rings. The summed E-state index contributed by atoms with van der Waals surface area (Å²) in [5.74, 6) is -0.600. The van der Waals surface area contributed by atoms with Crippen LogP contribution < -0.4 is 15.5 Å². The molecule has 0 bridgehead atoms. The lowest BCUT2D eigenvalue weighted by atomic mass is 10.0. The van der Waals surface area contributed by atoms with Crippen molar-refractivity contribution in [3.8, 4) is 5.75 Å². The number of carbonyl (C=O) groups excluding carboxylic acids is 1. The van der Waals surface area contributed by atoms with Crippen molar-refractivity contribution in [3.05, 3.63) is 69.5 Å². The van der Waals surface area contributed by atoms with Gasteiger partial charge in [0.15, 0.2) is 5.43 Å². The largest absolute Gasteiger partial charge is 0.496 e. The topological polar surface area (TPSA) is 107 Å². The number of pyridine rings is 1. The molecule has 172 valence electrons. The van der Waals surface area contributed by atoms with E-state index in [0.717, 1.165) is 36.9 Å². The van der Waals surface area contributed by atoms with Crippen molar-refractivity contribution < 1.29 is 24.2 Å². The maximum Gasteiger partial charge on any atom is 0.411 e. The van der Waals surface area contributed by atoms with E-state index in [2.05, 4.69) is 5.32 Å². The molecule has 2 aromatic carbocycles. The molecule has 0 atom stereocenters. The molecule has 2 N–H and O–H groups in total. The number of aromatic nitrogens is 1. The predicted octanol–water partition coefficient (Wildman–Crippen LogP) is 4.33. The number of benzene rings is 2. The first-order valence-electron chi connectivity index (χ1n) is 10.9. The van der Waals surface area contributed by atoms with Crippen LogP contribution in [0.5, 0.6) is 5.75 Å². The van der Waals surface area contributed by atoms with Crippen molar-refractivity contribution in [1.82, 2.24) is 4.57 Å². The number of anilines is 1. The van der Waals surface area contributed by atoms with Crippen molar-refractivity contribution in [2.75, 3.05) is 12.4 Å². The monoisotopic (exact) mass is 450 g/mol. The van der Waals surface area contributed by atoms with Crippen LogP contribution in [0.1, 0.15) is 47.3 Å². The molecule has 0 saturated heterocycles. The first-order valence-corrected chi connectivity index (χ1v) is 10.9. The second-order valence-electron chi connectivity index (χ2n) is 8.24. The number of amides is 1. The van der Waals surface area contributed by atoms with Gasteiger partial charge in [0.2, 0.25) is 0 Å². The highest BCUT2D eigenvalue weighted by molar-refractivity contribution is 5.90. The highest BCUT2D eigenvalue weighted by Gasteiger charge is 2.19. The minimum absolute atomic E-state index is 0.0380. The van der Waals surface area contributed by atoms with Gasteiger partial charge in [-0.2, -0.15) is 0 Å². The minimum atomic E-state index is -1.04. The Kier molecular flexibility index (Phi) is 6.35. The maximum absolute atomic E-state index is 12.8. The van der Waals surface area contributed by atoms with Crippen molar-refractivity contribution in [2.24, 2.45) is 7.05 Å². The highest BCUT2D eigenvalue weighted by Crippen LogP contribution is 2.25. The molecule has 8 heteroatoms. The molecule has 1 aliphatic carbocycles. The van der Waals surface area contributed by atoms with Crippen LogP contribution in [0.2, 0.25) is 0 Å². The van der Waals surface area contributed by atoms with Crippen molar-refractivity contribution in [3.63, 3.8) is 0 Å². The molecule has 1 aliphatic rings. The number of ether oxygens (including phenoxy) is 2. The highest BCUT2D eigenvalue weighted by atomic mass is 16.6. The van der Waals surface area contributed by atoms with Crippen LogP contribution in [0.4, 0.5) is 10.5 Å². The summed E-state index contributed by atoms with van der Waals surface area (Å²) in [6.07, 6.45) is 3.76. The Morgan fingerprint density at radius 1 is 1.12 bits per heavy atom. The summed E-state index contributed by atoms with van der Waals surface area (Å²) in [5.41, 5.74) is 2.67. The van der Waals surface area contributed by atoms with Crippen LogP contribution in [-0.2, 0) is 18.2 Å². The molecule has 0 spiro atoms. The zero-order valence-corrected chi connectivity index (χ0v) is 18.6. The van der Waals surface area contributed by atoms with E-state index >= 15 is 0 Å². The Morgan fingerprint density at radius 3 is 2.58 bits per heavy atom. The van der Waals surface area contributed by atoms with E-state index in [4.69, 9.17) is 9.47 Å². The van der Waals surface area contributed by atoms with Gasteiger partial charge in [-0.15, -0.1) is 0 Å². The van der Waals surface area contributed by atoms with Crippen LogP contribution in [0.15, 0.2) is 47.3 Å². The summed E-state index contributed by atoms with van der Waals surface area (Å²) < 4.78 is 12.7. The Bertz CT molecular complexity index is 1270. The van der Waals surface area contributed by atoms with Gasteiger partial charge in [0, 0.05) is 41.9 Å². The van der Waals surface area contributed by atoms with Gasteiger partial charge in [-0.3, -0.25) is 10.1 Å². The summed E-state index contributed by atoms with van der Waals surface area (Å²) >= 11 is 0. The zero-order valence-electron chi connectivity index (χ0n) is 18.6. The Balaban J connectivity index is 1.63. The summed E-state index contributed by atoms with van der Waals surface area (Å²) in [5, 5.41) is 12.5. The number of nitrogens with one attached hydrogen (secondary N) is 1. The van der Waals surface area contributed by atoms with E-state index in [1.807, 2.05) is 11.6 Å². The fourth-order valence-electron chi connectivity index (χ4n) is 4.27. The standard InChI is InChI=1S/C25H26N2O6/c1-27-18(11-15-7-8-16(24(29)30)12-23(15)32-2)14-22(28)20-10-9-17(13-21(20)27)26-25(31)33-19-5-3-4-6-19/h7-10,12-14,19H,3-6,11H2,1-2H3,(H,26,31)(H,29,30). The third kappa shape index (κ3) is 4.84. The van der Waals surface area contributed by atoms with E-state index in [1.54, 1.807) is 30.3 Å². The molecular formula is C25H26N2O6. The number of fused-ring (bicyclic) bond motifs is 1. The summed E-state index contributed by atoms with van der Waals surface area (Å²) in [4.78, 5) is 36.3. The first kappa shape index (κ1) is 22.4. The minimum Gasteiger partial charge on any atom is -0.496 e. The third-order valence-electron chi connectivity index (χ3n) is 6.08. The fourth-order valence-corrected chi connectivity index (χ4v) is 4.27. The van der Waals surface area contributed by atoms with Crippen LogP contribution in [0.25, 0.3) is 10.9 Å². The quantitative estimate of drug-likeness (QED) is 0.579. The normalized spacial score (nSPS) is 13.8. The van der Waals surface area contributed by atoms with Crippen LogP contribution in [0, 0.1) is 0 Å². The molecule has 1 fully saturated rings. The van der Waals surface area contributed by atoms with Gasteiger partial charge in [-0.05, 0) is 56.0 Å². The molecule has 0 radical (unpaired) electrons. The van der Waals surface area contributed by atoms with Gasteiger partial charge in [0.25, 0.3) is 0 Å². The Hall–Kier alpha value is -3.81. The van der Waals surface area contributed by atoms with Crippen molar-refractivity contribution >= 4 is 28.7 Å². The maximum atomic E-state index is 12.8. The van der Waals surface area contributed by atoms with Crippen LogP contribution in [-0.4, -0.2) is 34.9 Å². The van der Waals surface area contributed by atoms with E-state index in [0.29, 0.717) is 28.8 Å². The van der Waals surface area contributed by atoms with Crippen molar-refractivity contribution in [2.45, 2.75) is 38.2 Å². The second kappa shape index (κ2) is 9.36. The summed E-state index contributed by atoms with van der Waals surface area (Å²) in [6, 6.07) is 11.4. The van der Waals surface area contributed by atoms with Gasteiger partial charge < -0.3 is 19.1 Å². The van der Waals surface area contributed by atoms with E-state index < -0.39 is 12.1 Å². The zero-order chi connectivity index (χ0) is 23.5. The Morgan fingerprint density at radius 2 is 1.88 bits per heavy atom. The lowest BCUT2D eigenvalue weighted by Gasteiger charge is -2.16. The number of hydrogen-bond acceptors (Lipinski definition) is 5. The number of carbonyl (C=O) groups is 2. The van der Waals surface area contributed by atoms with Gasteiger partial charge in [-0.25, -0.2) is 9.59 Å². The van der Waals surface area contributed by atoms with E-state index in [1.165, 1.54) is 19.2 Å². The number of rotatable bonds is 6. The first-order chi connectivity index (χ1) is 15.9. The number of aryl methyl sites for hydroxylation is 1. The lowest BCUT2D eigenvalue weighted by Crippen LogP contribution is -2.20. The molecule has 1 amide bonds. The van der Waals surface area contributed by atoms with Crippen LogP contribution >= 0.6 is 0 Å². The number of aromatic carboxylic acids is 1. The van der Waals surface area contributed by atoms with Gasteiger partial charge in [0.1, 0.15) is 11.9 Å². The molecule has 1 aromatic heterocycles. The number of carboxylic acids is 1. The lowest BCUT2D eigenvalue weighted by molar-refractivity contribution is 0.0696. The average molecular weight is 450 g/mol. The average Bonchev–Trinajstić information content (AvgIpc) is 3.30. The van der Waals surface area contributed by atoms with Gasteiger partial charge >= 0.3 is 12.1 Å². The smallest absolute Gasteiger partial charge is 0.411 e. The van der Waals surface area contributed by atoms with Gasteiger partial charge in [-0.1, -0.05) is 6.07 Å². The summed E-state index contributed by atoms with van der Waals surface area (Å²) in [6.45, 7) is 0. The van der Waals surface area contributed by atoms with E-state index in [9.17, 15) is 19.5 Å². The summed E-state index contributed by atoms with van der Waals surface area (Å²) in [7, 11) is 3.32. The SMILES string of the molecule is COc1cc(C(=O)O)ccc1Cc1cc(=O)c2ccc(NC(=O)OC3CCCC3)cc2n1C. The molecular weight excluding hydrogens is 424 g/mol. The predicted molar refractivity (Wildman–Crippen MR) is 124 cm³/mol. The number of methoxy groups -OCH3 is 1. The second-order valence-corrected chi connectivity index (χ2v) is 8.24. The molecule has 0 unspecified atom stereocenters. The fraction of sp³-hybridized carbons (Fsp3) is 0.320. The molecule has 1 saturated carbocycles. The molecule has 4 rings (SSSR count). The van der Waals surface area contributed by atoms with E-state index in [-0.39, 0.29) is 17.1 Å². The van der Waals surface area contributed by atoms with Crippen molar-refractivity contribution in [1.29, 1.82) is 0 Å².